The summed E-state index contributed by atoms with van der Waals surface area (Å²) in [6.07, 6.45) is 0. The molecule has 4 rings (SSSR count). The Bertz CT molecular complexity index is 1210. The van der Waals surface area contributed by atoms with E-state index in [1.165, 1.54) is 6.07 Å². The molecular formula is C19H17N7O2. The quantitative estimate of drug-likeness (QED) is 0.480. The molecule has 1 amide bonds. The summed E-state index contributed by atoms with van der Waals surface area (Å²) in [5.41, 5.74) is 8.46. The van der Waals surface area contributed by atoms with Crippen molar-refractivity contribution < 1.29 is 4.79 Å². The van der Waals surface area contributed by atoms with Crippen LogP contribution in [0.4, 0.5) is 5.95 Å². The summed E-state index contributed by atoms with van der Waals surface area (Å²) in [4.78, 5) is 30.6. The standard InChI is InChI=1S/C19H17N7O2/c20-19-22-15(11-17(27)23-19)12-4-3-5-13(10-12)18(28)21-8-9-26-16-7-2-1-6-14(16)24-25-26/h1-7,10-11H,8-9H2,(H,21,28)(H3,20,22,23,27). The van der Waals surface area contributed by atoms with Crippen LogP contribution in [-0.4, -0.2) is 37.4 Å². The Hall–Kier alpha value is -4.01. The van der Waals surface area contributed by atoms with Gasteiger partial charge in [0.25, 0.3) is 11.5 Å². The number of amides is 1. The number of benzene rings is 2. The minimum absolute atomic E-state index is 0.0254. The van der Waals surface area contributed by atoms with Crippen LogP contribution >= 0.6 is 0 Å². The molecular weight excluding hydrogens is 358 g/mol. The monoisotopic (exact) mass is 375 g/mol. The van der Waals surface area contributed by atoms with Crippen LogP contribution in [0.5, 0.6) is 0 Å². The van der Waals surface area contributed by atoms with Crippen molar-refractivity contribution in [1.29, 1.82) is 0 Å². The largest absolute Gasteiger partial charge is 0.369 e. The van der Waals surface area contributed by atoms with Gasteiger partial charge >= 0.3 is 0 Å². The highest BCUT2D eigenvalue weighted by atomic mass is 16.1. The molecule has 9 heteroatoms. The van der Waals surface area contributed by atoms with E-state index in [1.807, 2.05) is 24.3 Å². The minimum Gasteiger partial charge on any atom is -0.369 e. The fraction of sp³-hybridized carbons (Fsp3) is 0.105. The Labute approximate surface area is 159 Å². The van der Waals surface area contributed by atoms with Crippen LogP contribution in [0, 0.1) is 0 Å². The fourth-order valence-electron chi connectivity index (χ4n) is 2.90. The first-order chi connectivity index (χ1) is 13.6. The molecule has 0 saturated carbocycles. The first-order valence-corrected chi connectivity index (χ1v) is 8.64. The van der Waals surface area contributed by atoms with Crippen LogP contribution in [0.3, 0.4) is 0 Å². The van der Waals surface area contributed by atoms with Crippen molar-refractivity contribution in [2.45, 2.75) is 6.54 Å². The Kier molecular flexibility index (Phi) is 4.55. The molecule has 0 aliphatic heterocycles. The Morgan fingerprint density at radius 3 is 2.86 bits per heavy atom. The van der Waals surface area contributed by atoms with Gasteiger partial charge in [0.05, 0.1) is 17.8 Å². The Morgan fingerprint density at radius 1 is 1.14 bits per heavy atom. The first-order valence-electron chi connectivity index (χ1n) is 8.64. The van der Waals surface area contributed by atoms with E-state index in [2.05, 4.69) is 25.6 Å². The van der Waals surface area contributed by atoms with E-state index >= 15 is 0 Å². The molecule has 0 atom stereocenters. The molecule has 4 aromatic rings. The van der Waals surface area contributed by atoms with Gasteiger partial charge in [0.2, 0.25) is 5.95 Å². The normalized spacial score (nSPS) is 10.9. The van der Waals surface area contributed by atoms with E-state index in [0.717, 1.165) is 11.0 Å². The topological polar surface area (TPSA) is 132 Å². The number of anilines is 1. The second-order valence-electron chi connectivity index (χ2n) is 6.15. The molecule has 0 aliphatic rings. The van der Waals surface area contributed by atoms with Crippen molar-refractivity contribution in [3.8, 4) is 11.3 Å². The smallest absolute Gasteiger partial charge is 0.252 e. The molecule has 2 aromatic carbocycles. The second-order valence-corrected chi connectivity index (χ2v) is 6.15. The molecule has 0 saturated heterocycles. The van der Waals surface area contributed by atoms with Crippen LogP contribution in [-0.2, 0) is 6.54 Å². The van der Waals surface area contributed by atoms with Crippen LogP contribution in [0.25, 0.3) is 22.3 Å². The van der Waals surface area contributed by atoms with Gasteiger partial charge in [-0.3, -0.25) is 14.6 Å². The number of nitrogens with two attached hydrogens (primary N) is 1. The van der Waals surface area contributed by atoms with Crippen molar-refractivity contribution in [3.63, 3.8) is 0 Å². The maximum absolute atomic E-state index is 12.5. The number of hydrogen-bond acceptors (Lipinski definition) is 6. The number of hydrogen-bond donors (Lipinski definition) is 3. The number of nitrogens with one attached hydrogen (secondary N) is 2. The molecule has 0 fully saturated rings. The zero-order chi connectivity index (χ0) is 19.5. The van der Waals surface area contributed by atoms with E-state index in [-0.39, 0.29) is 17.4 Å². The van der Waals surface area contributed by atoms with Gasteiger partial charge < -0.3 is 11.1 Å². The number of fused-ring (bicyclic) bond motifs is 1. The number of aromatic nitrogens is 5. The molecule has 4 N–H and O–H groups in total. The van der Waals surface area contributed by atoms with Gasteiger partial charge in [0.15, 0.2) is 0 Å². The van der Waals surface area contributed by atoms with E-state index < -0.39 is 0 Å². The average Bonchev–Trinajstić information content (AvgIpc) is 3.10. The van der Waals surface area contributed by atoms with Gasteiger partial charge in [-0.05, 0) is 24.3 Å². The third kappa shape index (κ3) is 3.58. The van der Waals surface area contributed by atoms with Crippen molar-refractivity contribution in [1.82, 2.24) is 30.3 Å². The summed E-state index contributed by atoms with van der Waals surface area (Å²) < 4.78 is 1.75. The van der Waals surface area contributed by atoms with Gasteiger partial charge in [0.1, 0.15) is 5.52 Å². The summed E-state index contributed by atoms with van der Waals surface area (Å²) in [6, 6.07) is 15.8. The molecule has 2 heterocycles. The lowest BCUT2D eigenvalue weighted by atomic mass is 10.1. The zero-order valence-electron chi connectivity index (χ0n) is 14.8. The number of H-pyrrole nitrogens is 1. The summed E-state index contributed by atoms with van der Waals surface area (Å²) in [6.45, 7) is 0.894. The molecule has 0 spiro atoms. The van der Waals surface area contributed by atoms with Crippen molar-refractivity contribution in [3.05, 3.63) is 70.5 Å². The van der Waals surface area contributed by atoms with Gasteiger partial charge in [-0.1, -0.05) is 29.5 Å². The molecule has 140 valence electrons. The second kappa shape index (κ2) is 7.31. The maximum Gasteiger partial charge on any atom is 0.252 e. The fourth-order valence-corrected chi connectivity index (χ4v) is 2.90. The third-order valence-corrected chi connectivity index (χ3v) is 4.21. The Morgan fingerprint density at radius 2 is 2.00 bits per heavy atom. The molecule has 2 aromatic heterocycles. The van der Waals surface area contributed by atoms with Crippen molar-refractivity contribution in [2.75, 3.05) is 12.3 Å². The van der Waals surface area contributed by atoms with Gasteiger partial charge in [0, 0.05) is 23.7 Å². The zero-order valence-corrected chi connectivity index (χ0v) is 14.8. The van der Waals surface area contributed by atoms with Crippen molar-refractivity contribution >= 4 is 22.9 Å². The van der Waals surface area contributed by atoms with Gasteiger partial charge in [-0.2, -0.15) is 0 Å². The SMILES string of the molecule is Nc1nc(-c2cccc(C(=O)NCCn3nnc4ccccc43)c2)cc(=O)[nH]1. The summed E-state index contributed by atoms with van der Waals surface area (Å²) >= 11 is 0. The molecule has 9 nitrogen and oxygen atoms in total. The Balaban J connectivity index is 1.46. The highest BCUT2D eigenvalue weighted by molar-refractivity contribution is 5.95. The highest BCUT2D eigenvalue weighted by Crippen LogP contribution is 2.17. The van der Waals surface area contributed by atoms with E-state index in [1.54, 1.807) is 28.9 Å². The first kappa shape index (κ1) is 17.4. The van der Waals surface area contributed by atoms with E-state index in [9.17, 15) is 9.59 Å². The average molecular weight is 375 g/mol. The number of aromatic amines is 1. The lowest BCUT2D eigenvalue weighted by Gasteiger charge is -2.08. The van der Waals surface area contributed by atoms with Crippen LogP contribution in [0.2, 0.25) is 0 Å². The predicted molar refractivity (Wildman–Crippen MR) is 105 cm³/mol. The third-order valence-electron chi connectivity index (χ3n) is 4.21. The van der Waals surface area contributed by atoms with E-state index in [4.69, 9.17) is 5.73 Å². The summed E-state index contributed by atoms with van der Waals surface area (Å²) in [5, 5.41) is 11.0. The van der Waals surface area contributed by atoms with Crippen LogP contribution in [0.15, 0.2) is 59.4 Å². The number of nitrogens with zero attached hydrogens (tertiary/aromatic N) is 4. The lowest BCUT2D eigenvalue weighted by Crippen LogP contribution is -2.27. The van der Waals surface area contributed by atoms with Crippen LogP contribution in [0.1, 0.15) is 10.4 Å². The number of nitrogen functional groups attached to an aromatic ring is 1. The number of carbonyl (C=O) groups excluding carboxylic acids is 1. The molecule has 0 radical (unpaired) electrons. The summed E-state index contributed by atoms with van der Waals surface area (Å²) in [5.74, 6) is -0.207. The van der Waals surface area contributed by atoms with Crippen molar-refractivity contribution in [2.24, 2.45) is 0 Å². The molecule has 0 unspecified atom stereocenters. The van der Waals surface area contributed by atoms with Gasteiger partial charge in [-0.25, -0.2) is 9.67 Å². The highest BCUT2D eigenvalue weighted by Gasteiger charge is 2.09. The predicted octanol–water partition coefficient (Wildman–Crippen LogP) is 1.19. The summed E-state index contributed by atoms with van der Waals surface area (Å²) in [7, 11) is 0. The number of rotatable bonds is 5. The minimum atomic E-state index is -0.350. The van der Waals surface area contributed by atoms with Gasteiger partial charge in [-0.15, -0.1) is 5.10 Å². The number of para-hydroxylation sites is 1. The molecule has 28 heavy (non-hydrogen) atoms. The van der Waals surface area contributed by atoms with E-state index in [0.29, 0.717) is 29.9 Å². The molecule has 0 bridgehead atoms. The molecule has 0 aliphatic carbocycles. The maximum atomic E-state index is 12.5. The number of carbonyl (C=O) groups is 1. The van der Waals surface area contributed by atoms with Crippen LogP contribution < -0.4 is 16.6 Å². The lowest BCUT2D eigenvalue weighted by molar-refractivity contribution is 0.0952.